The van der Waals surface area contributed by atoms with Crippen LogP contribution in [0.1, 0.15) is 52.4 Å². The van der Waals surface area contributed by atoms with Crippen molar-refractivity contribution in [3.05, 3.63) is 23.8 Å². The lowest BCUT2D eigenvalue weighted by Gasteiger charge is -2.20. The van der Waals surface area contributed by atoms with E-state index in [1.165, 1.54) is 19.3 Å². The zero-order chi connectivity index (χ0) is 16.8. The summed E-state index contributed by atoms with van der Waals surface area (Å²) in [6.07, 6.45) is 10.5. The van der Waals surface area contributed by atoms with Gasteiger partial charge in [0.15, 0.2) is 0 Å². The molecule has 0 aromatic heterocycles. The summed E-state index contributed by atoms with van der Waals surface area (Å²) in [6, 6.07) is 0. The first kappa shape index (κ1) is 18.2. The Morgan fingerprint density at radius 2 is 2.09 bits per heavy atom. The SMILES string of the molecule is CCC(O)/C=C\C(=C/C(C)O)CCNC(=O)C1CC2CCC1C2. The van der Waals surface area contributed by atoms with Crippen molar-refractivity contribution in [3.63, 3.8) is 0 Å². The first-order valence-corrected chi connectivity index (χ1v) is 9.02. The van der Waals surface area contributed by atoms with Crippen molar-refractivity contribution in [2.45, 2.75) is 64.6 Å². The minimum atomic E-state index is -0.533. The van der Waals surface area contributed by atoms with Crippen LogP contribution in [0.5, 0.6) is 0 Å². The summed E-state index contributed by atoms with van der Waals surface area (Å²) in [5.74, 6) is 1.80. The molecule has 4 heteroatoms. The highest BCUT2D eigenvalue weighted by atomic mass is 16.3. The Hall–Kier alpha value is -1.13. The van der Waals surface area contributed by atoms with E-state index in [2.05, 4.69) is 5.32 Å². The number of nitrogens with one attached hydrogen (secondary N) is 1. The second kappa shape index (κ2) is 8.65. The molecular formula is C19H31NO3. The molecule has 0 aromatic rings. The number of hydrogen-bond donors (Lipinski definition) is 3. The van der Waals surface area contributed by atoms with Gasteiger partial charge in [-0.05, 0) is 56.4 Å². The lowest BCUT2D eigenvalue weighted by Crippen LogP contribution is -2.34. The number of fused-ring (bicyclic) bond motifs is 2. The lowest BCUT2D eigenvalue weighted by atomic mass is 9.88. The van der Waals surface area contributed by atoms with E-state index in [4.69, 9.17) is 0 Å². The van der Waals surface area contributed by atoms with Gasteiger partial charge in [-0.2, -0.15) is 0 Å². The normalized spacial score (nSPS) is 29.9. The summed E-state index contributed by atoms with van der Waals surface area (Å²) in [5, 5.41) is 22.2. The molecule has 0 aromatic carbocycles. The van der Waals surface area contributed by atoms with Crippen LogP contribution in [0.25, 0.3) is 0 Å². The second-order valence-corrected chi connectivity index (χ2v) is 7.14. The molecule has 0 heterocycles. The minimum absolute atomic E-state index is 0.200. The Labute approximate surface area is 139 Å². The Bertz CT molecular complexity index is 456. The van der Waals surface area contributed by atoms with Crippen molar-refractivity contribution in [3.8, 4) is 0 Å². The van der Waals surface area contributed by atoms with Crippen molar-refractivity contribution >= 4 is 5.91 Å². The van der Waals surface area contributed by atoms with E-state index in [9.17, 15) is 15.0 Å². The number of aliphatic hydroxyl groups is 2. The molecule has 2 saturated carbocycles. The molecule has 23 heavy (non-hydrogen) atoms. The van der Waals surface area contributed by atoms with Crippen molar-refractivity contribution in [1.29, 1.82) is 0 Å². The molecule has 2 aliphatic rings. The predicted octanol–water partition coefficient (Wildman–Crippen LogP) is 2.56. The third-order valence-corrected chi connectivity index (χ3v) is 5.19. The highest BCUT2D eigenvalue weighted by Gasteiger charge is 2.42. The average molecular weight is 321 g/mol. The van der Waals surface area contributed by atoms with Crippen molar-refractivity contribution in [2.75, 3.05) is 6.54 Å². The van der Waals surface area contributed by atoms with Crippen LogP contribution in [0.4, 0.5) is 0 Å². The highest BCUT2D eigenvalue weighted by Crippen LogP contribution is 2.48. The smallest absolute Gasteiger partial charge is 0.223 e. The molecule has 4 nitrogen and oxygen atoms in total. The van der Waals surface area contributed by atoms with E-state index >= 15 is 0 Å². The number of rotatable bonds is 8. The van der Waals surface area contributed by atoms with Gasteiger partial charge in [0, 0.05) is 12.5 Å². The van der Waals surface area contributed by atoms with Gasteiger partial charge in [0.05, 0.1) is 12.2 Å². The Morgan fingerprint density at radius 1 is 1.30 bits per heavy atom. The monoisotopic (exact) mass is 321 g/mol. The minimum Gasteiger partial charge on any atom is -0.389 e. The molecule has 5 atom stereocenters. The zero-order valence-electron chi connectivity index (χ0n) is 14.4. The van der Waals surface area contributed by atoms with Gasteiger partial charge in [-0.25, -0.2) is 0 Å². The Morgan fingerprint density at radius 3 is 2.65 bits per heavy atom. The summed E-state index contributed by atoms with van der Waals surface area (Å²) in [4.78, 5) is 12.3. The van der Waals surface area contributed by atoms with Gasteiger partial charge in [-0.1, -0.05) is 31.6 Å². The van der Waals surface area contributed by atoms with E-state index in [-0.39, 0.29) is 11.8 Å². The molecule has 0 spiro atoms. The van der Waals surface area contributed by atoms with Crippen LogP contribution in [0.15, 0.2) is 23.8 Å². The van der Waals surface area contributed by atoms with E-state index in [1.54, 1.807) is 19.1 Å². The summed E-state index contributed by atoms with van der Waals surface area (Å²) in [6.45, 7) is 4.21. The summed E-state index contributed by atoms with van der Waals surface area (Å²) < 4.78 is 0. The van der Waals surface area contributed by atoms with Gasteiger partial charge in [-0.3, -0.25) is 4.79 Å². The molecule has 1 amide bonds. The molecule has 130 valence electrons. The topological polar surface area (TPSA) is 69.6 Å². The largest absolute Gasteiger partial charge is 0.389 e. The standard InChI is InChI=1S/C19H31NO3/c1-3-17(22)7-5-14(10-13(2)21)8-9-20-19(23)18-12-15-4-6-16(18)11-15/h5,7,10,13,15-18,21-22H,3-4,6,8-9,11-12H2,1-2H3,(H,20,23)/b7-5-,14-10+. The molecule has 0 aliphatic heterocycles. The molecule has 2 bridgehead atoms. The van der Waals surface area contributed by atoms with E-state index < -0.39 is 12.2 Å². The number of carbonyl (C=O) groups is 1. The van der Waals surface area contributed by atoms with Crippen molar-refractivity contribution < 1.29 is 15.0 Å². The molecule has 2 fully saturated rings. The fraction of sp³-hybridized carbons (Fsp3) is 0.737. The highest BCUT2D eigenvalue weighted by molar-refractivity contribution is 5.79. The Kier molecular flexibility index (Phi) is 6.85. The maximum Gasteiger partial charge on any atom is 0.223 e. The number of hydrogen-bond acceptors (Lipinski definition) is 3. The van der Waals surface area contributed by atoms with E-state index in [0.717, 1.165) is 17.9 Å². The van der Waals surface area contributed by atoms with Crippen LogP contribution in [-0.2, 0) is 4.79 Å². The van der Waals surface area contributed by atoms with Gasteiger partial charge in [0.25, 0.3) is 0 Å². The van der Waals surface area contributed by atoms with Crippen LogP contribution >= 0.6 is 0 Å². The zero-order valence-corrected chi connectivity index (χ0v) is 14.4. The molecule has 5 unspecified atom stereocenters. The van der Waals surface area contributed by atoms with Crippen molar-refractivity contribution in [1.82, 2.24) is 5.32 Å². The van der Waals surface area contributed by atoms with Gasteiger partial charge in [0.1, 0.15) is 0 Å². The third-order valence-electron chi connectivity index (χ3n) is 5.19. The summed E-state index contributed by atoms with van der Waals surface area (Å²) in [5.41, 5.74) is 0.945. The van der Waals surface area contributed by atoms with Gasteiger partial charge < -0.3 is 15.5 Å². The second-order valence-electron chi connectivity index (χ2n) is 7.14. The third kappa shape index (κ3) is 5.47. The number of amides is 1. The molecule has 2 aliphatic carbocycles. The molecule has 3 N–H and O–H groups in total. The van der Waals surface area contributed by atoms with Crippen LogP contribution in [0.2, 0.25) is 0 Å². The summed E-state index contributed by atoms with van der Waals surface area (Å²) >= 11 is 0. The van der Waals surface area contributed by atoms with Crippen LogP contribution in [0.3, 0.4) is 0 Å². The van der Waals surface area contributed by atoms with Gasteiger partial charge >= 0.3 is 0 Å². The number of allylic oxidation sites excluding steroid dienone is 1. The fourth-order valence-corrected chi connectivity index (χ4v) is 3.93. The Balaban J connectivity index is 1.79. The molecule has 2 rings (SSSR count). The lowest BCUT2D eigenvalue weighted by molar-refractivity contribution is -0.126. The van der Waals surface area contributed by atoms with Crippen molar-refractivity contribution in [2.24, 2.45) is 17.8 Å². The van der Waals surface area contributed by atoms with Gasteiger partial charge in [0.2, 0.25) is 5.91 Å². The maximum atomic E-state index is 12.3. The molecule has 0 saturated heterocycles. The van der Waals surface area contributed by atoms with Crippen LogP contribution < -0.4 is 5.32 Å². The number of aliphatic hydroxyl groups excluding tert-OH is 2. The quantitative estimate of drug-likeness (QED) is 0.602. The molecule has 0 radical (unpaired) electrons. The fourth-order valence-electron chi connectivity index (χ4n) is 3.93. The number of carbonyl (C=O) groups excluding carboxylic acids is 1. The predicted molar refractivity (Wildman–Crippen MR) is 91.8 cm³/mol. The van der Waals surface area contributed by atoms with E-state index in [0.29, 0.717) is 25.3 Å². The van der Waals surface area contributed by atoms with Gasteiger partial charge in [-0.15, -0.1) is 0 Å². The van der Waals surface area contributed by atoms with E-state index in [1.807, 2.05) is 13.0 Å². The maximum absolute atomic E-state index is 12.3. The van der Waals surface area contributed by atoms with Crippen LogP contribution in [-0.4, -0.2) is 34.9 Å². The van der Waals surface area contributed by atoms with Crippen LogP contribution in [0, 0.1) is 17.8 Å². The summed E-state index contributed by atoms with van der Waals surface area (Å²) in [7, 11) is 0. The molecular weight excluding hydrogens is 290 g/mol. The first-order valence-electron chi connectivity index (χ1n) is 9.02. The first-order chi connectivity index (χ1) is 11.0. The average Bonchev–Trinajstić information content (AvgIpc) is 3.14.